The fourth-order valence-electron chi connectivity index (χ4n) is 2.77. The summed E-state index contributed by atoms with van der Waals surface area (Å²) in [5.74, 6) is 1.17. The van der Waals surface area contributed by atoms with Crippen molar-refractivity contribution in [1.82, 2.24) is 4.57 Å². The second kappa shape index (κ2) is 6.66. The number of hydrogen-bond acceptors (Lipinski definition) is 4. The lowest BCUT2D eigenvalue weighted by atomic mass is 10.1. The van der Waals surface area contributed by atoms with Crippen LogP contribution >= 0.6 is 0 Å². The van der Waals surface area contributed by atoms with E-state index in [1.54, 1.807) is 20.3 Å². The molecule has 24 heavy (non-hydrogen) atoms. The maximum atomic E-state index is 11.7. The Morgan fingerprint density at radius 2 is 1.88 bits per heavy atom. The molecule has 0 saturated carbocycles. The first-order valence-electron chi connectivity index (χ1n) is 7.54. The summed E-state index contributed by atoms with van der Waals surface area (Å²) in [7, 11) is 4.66. The van der Waals surface area contributed by atoms with Crippen molar-refractivity contribution >= 4 is 16.9 Å². The predicted octanol–water partition coefficient (Wildman–Crippen LogP) is 3.49. The minimum absolute atomic E-state index is 0.336. The lowest BCUT2D eigenvalue weighted by Crippen LogP contribution is -2.04. The number of carbonyl (C=O) groups excluding carboxylic acids is 1. The topological polar surface area (TPSA) is 49.7 Å². The van der Waals surface area contributed by atoms with Crippen LogP contribution in [0.5, 0.6) is 11.5 Å². The number of nitrogens with zero attached hydrogens (tertiary/aromatic N) is 1. The van der Waals surface area contributed by atoms with Crippen LogP contribution in [-0.2, 0) is 11.3 Å². The van der Waals surface area contributed by atoms with Crippen LogP contribution in [-0.4, -0.2) is 31.9 Å². The van der Waals surface area contributed by atoms with E-state index in [-0.39, 0.29) is 5.97 Å². The summed E-state index contributed by atoms with van der Waals surface area (Å²) >= 11 is 0. The van der Waals surface area contributed by atoms with Gasteiger partial charge in [-0.2, -0.15) is 0 Å². The zero-order chi connectivity index (χ0) is 17.1. The van der Waals surface area contributed by atoms with Gasteiger partial charge >= 0.3 is 5.97 Å². The van der Waals surface area contributed by atoms with E-state index in [0.717, 1.165) is 28.0 Å². The van der Waals surface area contributed by atoms with Crippen LogP contribution in [0.1, 0.15) is 15.9 Å². The third-order valence-corrected chi connectivity index (χ3v) is 3.98. The quantitative estimate of drug-likeness (QED) is 0.674. The van der Waals surface area contributed by atoms with Crippen molar-refractivity contribution in [3.8, 4) is 11.5 Å². The van der Waals surface area contributed by atoms with E-state index in [4.69, 9.17) is 14.2 Å². The fourth-order valence-corrected chi connectivity index (χ4v) is 2.77. The van der Waals surface area contributed by atoms with Gasteiger partial charge in [-0.25, -0.2) is 4.79 Å². The number of fused-ring (bicyclic) bond motifs is 1. The molecule has 0 N–H and O–H groups in total. The number of carbonyl (C=O) groups is 1. The Morgan fingerprint density at radius 1 is 1.04 bits per heavy atom. The Kier molecular flexibility index (Phi) is 4.42. The van der Waals surface area contributed by atoms with Crippen LogP contribution in [0.15, 0.2) is 48.7 Å². The number of aromatic nitrogens is 1. The van der Waals surface area contributed by atoms with Gasteiger partial charge in [0.25, 0.3) is 0 Å². The van der Waals surface area contributed by atoms with E-state index in [1.165, 1.54) is 7.11 Å². The number of methoxy groups -OCH3 is 3. The molecule has 1 aromatic heterocycles. The van der Waals surface area contributed by atoms with Gasteiger partial charge in [-0.1, -0.05) is 12.1 Å². The van der Waals surface area contributed by atoms with Gasteiger partial charge in [0, 0.05) is 30.3 Å². The maximum absolute atomic E-state index is 11.7. The molecule has 0 aliphatic heterocycles. The summed E-state index contributed by atoms with van der Waals surface area (Å²) in [6.45, 7) is 0.630. The minimum Gasteiger partial charge on any atom is -0.497 e. The molecule has 2 aromatic carbocycles. The summed E-state index contributed by atoms with van der Waals surface area (Å²) in [5.41, 5.74) is 2.56. The highest BCUT2D eigenvalue weighted by Crippen LogP contribution is 2.32. The fraction of sp³-hybridized carbons (Fsp3) is 0.211. The standard InChI is InChI=1S/C19H19NO4/c1-22-15-10-17-16(18(11-15)23-2)7-8-20(17)12-13-5-4-6-14(9-13)19(21)24-3/h4-11H,12H2,1-3H3. The molecular weight excluding hydrogens is 306 g/mol. The van der Waals surface area contributed by atoms with E-state index < -0.39 is 0 Å². The summed E-state index contributed by atoms with van der Waals surface area (Å²) in [5, 5.41) is 1.02. The van der Waals surface area contributed by atoms with E-state index in [1.807, 2.05) is 42.6 Å². The molecule has 0 saturated heterocycles. The molecule has 5 heteroatoms. The molecule has 0 aliphatic carbocycles. The highest BCUT2D eigenvalue weighted by molar-refractivity contribution is 5.90. The van der Waals surface area contributed by atoms with E-state index in [9.17, 15) is 4.79 Å². The van der Waals surface area contributed by atoms with Gasteiger partial charge in [0.15, 0.2) is 0 Å². The van der Waals surface area contributed by atoms with Crippen molar-refractivity contribution in [3.63, 3.8) is 0 Å². The molecule has 124 valence electrons. The highest BCUT2D eigenvalue weighted by atomic mass is 16.5. The molecular formula is C19H19NO4. The molecule has 0 bridgehead atoms. The monoisotopic (exact) mass is 325 g/mol. The number of hydrogen-bond donors (Lipinski definition) is 0. The molecule has 3 aromatic rings. The Hall–Kier alpha value is -2.95. The highest BCUT2D eigenvalue weighted by Gasteiger charge is 2.11. The van der Waals surface area contributed by atoms with Crippen molar-refractivity contribution in [3.05, 3.63) is 59.8 Å². The van der Waals surface area contributed by atoms with Gasteiger partial charge in [-0.15, -0.1) is 0 Å². The first kappa shape index (κ1) is 15.9. The normalized spacial score (nSPS) is 10.6. The molecule has 0 amide bonds. The second-order valence-electron chi connectivity index (χ2n) is 5.40. The molecule has 0 radical (unpaired) electrons. The van der Waals surface area contributed by atoms with Gasteiger partial charge in [-0.3, -0.25) is 0 Å². The Balaban J connectivity index is 2.00. The second-order valence-corrected chi connectivity index (χ2v) is 5.40. The lowest BCUT2D eigenvalue weighted by Gasteiger charge is -2.10. The van der Waals surface area contributed by atoms with Gasteiger partial charge < -0.3 is 18.8 Å². The molecule has 0 unspecified atom stereocenters. The average Bonchev–Trinajstić information content (AvgIpc) is 3.03. The first-order chi connectivity index (χ1) is 11.7. The maximum Gasteiger partial charge on any atom is 0.337 e. The number of ether oxygens (including phenoxy) is 3. The van der Waals surface area contributed by atoms with Crippen molar-refractivity contribution in [2.75, 3.05) is 21.3 Å². The summed E-state index contributed by atoms with van der Waals surface area (Å²) < 4.78 is 17.7. The van der Waals surface area contributed by atoms with Gasteiger partial charge in [0.05, 0.1) is 32.4 Å². The molecule has 0 fully saturated rings. The number of benzene rings is 2. The first-order valence-corrected chi connectivity index (χ1v) is 7.54. The molecule has 0 aliphatic rings. The van der Waals surface area contributed by atoms with Crippen molar-refractivity contribution < 1.29 is 19.0 Å². The molecule has 1 heterocycles. The van der Waals surface area contributed by atoms with E-state index >= 15 is 0 Å². The zero-order valence-corrected chi connectivity index (χ0v) is 13.9. The van der Waals surface area contributed by atoms with Crippen molar-refractivity contribution in [2.24, 2.45) is 0 Å². The third kappa shape index (κ3) is 2.93. The van der Waals surface area contributed by atoms with E-state index in [2.05, 4.69) is 4.57 Å². The predicted molar refractivity (Wildman–Crippen MR) is 91.9 cm³/mol. The minimum atomic E-state index is -0.336. The number of esters is 1. The van der Waals surface area contributed by atoms with Gasteiger partial charge in [-0.05, 0) is 23.8 Å². The summed E-state index contributed by atoms with van der Waals surface area (Å²) in [6, 6.07) is 13.3. The molecule has 5 nitrogen and oxygen atoms in total. The Morgan fingerprint density at radius 3 is 2.58 bits per heavy atom. The van der Waals surface area contributed by atoms with Crippen LogP contribution in [0.4, 0.5) is 0 Å². The smallest absolute Gasteiger partial charge is 0.337 e. The molecule has 3 rings (SSSR count). The molecule has 0 spiro atoms. The molecule has 0 atom stereocenters. The lowest BCUT2D eigenvalue weighted by molar-refractivity contribution is 0.0600. The average molecular weight is 325 g/mol. The Bertz CT molecular complexity index is 882. The summed E-state index contributed by atoms with van der Waals surface area (Å²) in [6.07, 6.45) is 2.00. The van der Waals surface area contributed by atoms with Crippen LogP contribution < -0.4 is 9.47 Å². The zero-order valence-electron chi connectivity index (χ0n) is 13.9. The van der Waals surface area contributed by atoms with Gasteiger partial charge in [0.1, 0.15) is 11.5 Å². The van der Waals surface area contributed by atoms with Crippen LogP contribution in [0.25, 0.3) is 10.9 Å². The van der Waals surface area contributed by atoms with Crippen LogP contribution in [0.2, 0.25) is 0 Å². The van der Waals surface area contributed by atoms with Crippen molar-refractivity contribution in [1.29, 1.82) is 0 Å². The Labute approximate surface area is 140 Å². The van der Waals surface area contributed by atoms with Crippen molar-refractivity contribution in [2.45, 2.75) is 6.54 Å². The SMILES string of the molecule is COC(=O)c1cccc(Cn2ccc3c(OC)cc(OC)cc32)c1. The van der Waals surface area contributed by atoms with E-state index in [0.29, 0.717) is 12.1 Å². The van der Waals surface area contributed by atoms with Crippen LogP contribution in [0.3, 0.4) is 0 Å². The summed E-state index contributed by atoms with van der Waals surface area (Å²) in [4.78, 5) is 11.7. The largest absolute Gasteiger partial charge is 0.497 e. The van der Waals surface area contributed by atoms with Gasteiger partial charge in [0.2, 0.25) is 0 Å². The third-order valence-electron chi connectivity index (χ3n) is 3.98. The van der Waals surface area contributed by atoms with Crippen LogP contribution in [0, 0.1) is 0 Å². The number of rotatable bonds is 5.